The number of hydrogen-bond acceptors (Lipinski definition) is 5. The lowest BCUT2D eigenvalue weighted by atomic mass is 9.67. The number of carbonyl (C=O) groups is 3. The van der Waals surface area contributed by atoms with Gasteiger partial charge in [0.2, 0.25) is 5.91 Å². The maximum Gasteiger partial charge on any atom is 0.290 e. The molecule has 0 bridgehead atoms. The standard InChI is InChI=1S/C23H29N5O2.CH2O2/c1-27-10-8-23(22(30)26-19-11-16-5-2-3-6-17(16)12-19)7-4-9-28(20(23)15-27)21(29)18-13-24-25-14-18;2-1-3/h2-3,5-6,13-14,19-20H,4,7-12,15H2,1H3,(H,24,25)(H,26,30);1H,(H,2,3)/t20-,23+;/m0./s1. The van der Waals surface area contributed by atoms with E-state index in [-0.39, 0.29) is 30.4 Å². The molecule has 9 heteroatoms. The third-order valence-corrected chi connectivity index (χ3v) is 7.30. The number of amides is 2. The summed E-state index contributed by atoms with van der Waals surface area (Å²) in [6, 6.07) is 8.47. The molecule has 1 aromatic carbocycles. The second-order valence-corrected chi connectivity index (χ2v) is 9.23. The summed E-state index contributed by atoms with van der Waals surface area (Å²) >= 11 is 0. The highest BCUT2D eigenvalue weighted by atomic mass is 16.3. The van der Waals surface area contributed by atoms with Crippen LogP contribution in [0.15, 0.2) is 36.7 Å². The molecule has 0 spiro atoms. The minimum absolute atomic E-state index is 0.0332. The zero-order valence-electron chi connectivity index (χ0n) is 18.9. The molecule has 2 aromatic rings. The van der Waals surface area contributed by atoms with Crippen LogP contribution in [0.2, 0.25) is 0 Å². The van der Waals surface area contributed by atoms with Crippen LogP contribution in [0.25, 0.3) is 0 Å². The van der Waals surface area contributed by atoms with Gasteiger partial charge in [-0.2, -0.15) is 5.10 Å². The maximum atomic E-state index is 13.7. The lowest BCUT2D eigenvalue weighted by molar-refractivity contribution is -0.143. The van der Waals surface area contributed by atoms with Crippen molar-refractivity contribution in [1.29, 1.82) is 0 Å². The van der Waals surface area contributed by atoms with Crippen molar-refractivity contribution in [2.75, 3.05) is 26.7 Å². The molecule has 2 atom stereocenters. The third kappa shape index (κ3) is 4.50. The predicted octanol–water partition coefficient (Wildman–Crippen LogP) is 1.32. The topological polar surface area (TPSA) is 119 Å². The van der Waals surface area contributed by atoms with Gasteiger partial charge in [-0.25, -0.2) is 0 Å². The van der Waals surface area contributed by atoms with Crippen LogP contribution in [-0.4, -0.2) is 82.2 Å². The van der Waals surface area contributed by atoms with E-state index in [4.69, 9.17) is 9.90 Å². The van der Waals surface area contributed by atoms with E-state index in [1.807, 2.05) is 4.90 Å². The zero-order chi connectivity index (χ0) is 23.4. The molecule has 2 fully saturated rings. The highest BCUT2D eigenvalue weighted by Gasteiger charge is 2.53. The SMILES string of the molecule is CN1CC[C@]2(C(=O)NC3Cc4ccccc4C3)CCCN(C(=O)c3cn[nH]c3)[C@H]2C1.O=CO. The fraction of sp³-hybridized carbons (Fsp3) is 0.500. The lowest BCUT2D eigenvalue weighted by Gasteiger charge is -2.53. The van der Waals surface area contributed by atoms with E-state index in [0.717, 1.165) is 45.2 Å². The van der Waals surface area contributed by atoms with Crippen molar-refractivity contribution < 1.29 is 19.5 Å². The van der Waals surface area contributed by atoms with Gasteiger partial charge in [-0.15, -0.1) is 0 Å². The molecule has 3 heterocycles. The quantitative estimate of drug-likeness (QED) is 0.603. The number of piperidine rings is 2. The third-order valence-electron chi connectivity index (χ3n) is 7.30. The highest BCUT2D eigenvalue weighted by molar-refractivity contribution is 5.95. The number of hydrogen-bond donors (Lipinski definition) is 3. The van der Waals surface area contributed by atoms with Crippen LogP contribution < -0.4 is 5.32 Å². The second-order valence-electron chi connectivity index (χ2n) is 9.23. The minimum Gasteiger partial charge on any atom is -0.483 e. The number of likely N-dealkylation sites (N-methyl/N-ethyl adjacent to an activating group) is 1. The molecule has 1 aromatic heterocycles. The summed E-state index contributed by atoms with van der Waals surface area (Å²) in [7, 11) is 2.07. The first-order chi connectivity index (χ1) is 16.0. The van der Waals surface area contributed by atoms with Crippen molar-refractivity contribution in [3.8, 4) is 0 Å². The Labute approximate surface area is 193 Å². The zero-order valence-corrected chi connectivity index (χ0v) is 18.9. The van der Waals surface area contributed by atoms with Crippen LogP contribution >= 0.6 is 0 Å². The van der Waals surface area contributed by atoms with Crippen LogP contribution in [-0.2, 0) is 22.4 Å². The normalized spacial score (nSPS) is 24.8. The fourth-order valence-corrected chi connectivity index (χ4v) is 5.67. The first-order valence-electron chi connectivity index (χ1n) is 11.4. The number of benzene rings is 1. The van der Waals surface area contributed by atoms with Gasteiger partial charge >= 0.3 is 0 Å². The Hall–Kier alpha value is -3.20. The summed E-state index contributed by atoms with van der Waals surface area (Å²) in [5.74, 6) is 0.0947. The van der Waals surface area contributed by atoms with Crippen molar-refractivity contribution in [3.63, 3.8) is 0 Å². The summed E-state index contributed by atoms with van der Waals surface area (Å²) in [5, 5.41) is 16.9. The molecule has 3 aliphatic rings. The fourth-order valence-electron chi connectivity index (χ4n) is 5.67. The Morgan fingerprint density at radius 1 is 1.21 bits per heavy atom. The summed E-state index contributed by atoms with van der Waals surface area (Å²) in [6.45, 7) is 2.04. The van der Waals surface area contributed by atoms with Crippen molar-refractivity contribution in [2.24, 2.45) is 5.41 Å². The van der Waals surface area contributed by atoms with Crippen LogP contribution in [0.5, 0.6) is 0 Å². The molecular formula is C24H31N5O4. The molecule has 3 N–H and O–H groups in total. The van der Waals surface area contributed by atoms with E-state index < -0.39 is 5.41 Å². The maximum absolute atomic E-state index is 13.7. The Morgan fingerprint density at radius 3 is 2.55 bits per heavy atom. The van der Waals surface area contributed by atoms with E-state index >= 15 is 0 Å². The number of carbonyl (C=O) groups excluding carboxylic acids is 2. The van der Waals surface area contributed by atoms with E-state index in [9.17, 15) is 9.59 Å². The van der Waals surface area contributed by atoms with E-state index in [0.29, 0.717) is 12.1 Å². The number of aromatic amines is 1. The Kier molecular flexibility index (Phi) is 6.78. The van der Waals surface area contributed by atoms with Crippen LogP contribution in [0.1, 0.15) is 40.7 Å². The average Bonchev–Trinajstić information content (AvgIpc) is 3.48. The Morgan fingerprint density at radius 2 is 1.91 bits per heavy atom. The Bertz CT molecular complexity index is 970. The summed E-state index contributed by atoms with van der Waals surface area (Å²) in [5.41, 5.74) is 2.71. The highest BCUT2D eigenvalue weighted by Crippen LogP contribution is 2.43. The number of aromatic nitrogens is 2. The number of carboxylic acid groups (broad SMARTS) is 1. The smallest absolute Gasteiger partial charge is 0.290 e. The molecular weight excluding hydrogens is 422 g/mol. The van der Waals surface area contributed by atoms with Gasteiger partial charge in [0.25, 0.3) is 12.4 Å². The van der Waals surface area contributed by atoms with Crippen molar-refractivity contribution in [3.05, 3.63) is 53.3 Å². The average molecular weight is 454 g/mol. The van der Waals surface area contributed by atoms with Crippen LogP contribution in [0.4, 0.5) is 0 Å². The number of likely N-dealkylation sites (tertiary alicyclic amines) is 2. The number of H-pyrrole nitrogens is 1. The summed E-state index contributed by atoms with van der Waals surface area (Å²) in [6.07, 6.45) is 7.46. The minimum atomic E-state index is -0.515. The largest absolute Gasteiger partial charge is 0.483 e. The van der Waals surface area contributed by atoms with Crippen LogP contribution in [0, 0.1) is 5.41 Å². The van der Waals surface area contributed by atoms with E-state index in [1.54, 1.807) is 12.4 Å². The van der Waals surface area contributed by atoms with E-state index in [1.165, 1.54) is 11.1 Å². The molecule has 2 amide bonds. The predicted molar refractivity (Wildman–Crippen MR) is 122 cm³/mol. The van der Waals surface area contributed by atoms with Gasteiger partial charge in [-0.05, 0) is 56.8 Å². The molecule has 9 nitrogen and oxygen atoms in total. The van der Waals surface area contributed by atoms with Gasteiger partial charge < -0.3 is 20.2 Å². The molecule has 1 aliphatic carbocycles. The molecule has 0 radical (unpaired) electrons. The number of fused-ring (bicyclic) bond motifs is 2. The molecule has 176 valence electrons. The Balaban J connectivity index is 0.000000821. The molecule has 33 heavy (non-hydrogen) atoms. The second kappa shape index (κ2) is 9.74. The first-order valence-corrected chi connectivity index (χ1v) is 11.4. The van der Waals surface area contributed by atoms with Crippen LogP contribution in [0.3, 0.4) is 0 Å². The first kappa shape index (κ1) is 23.0. The number of rotatable bonds is 3. The summed E-state index contributed by atoms with van der Waals surface area (Å²) < 4.78 is 0. The van der Waals surface area contributed by atoms with Gasteiger partial charge in [0.1, 0.15) is 0 Å². The molecule has 0 saturated carbocycles. The van der Waals surface area contributed by atoms with Gasteiger partial charge in [0, 0.05) is 25.3 Å². The lowest BCUT2D eigenvalue weighted by Crippen LogP contribution is -2.67. The van der Waals surface area contributed by atoms with Gasteiger partial charge in [-0.1, -0.05) is 24.3 Å². The van der Waals surface area contributed by atoms with Crippen molar-refractivity contribution >= 4 is 18.3 Å². The molecule has 5 rings (SSSR count). The summed E-state index contributed by atoms with van der Waals surface area (Å²) in [4.78, 5) is 39.5. The van der Waals surface area contributed by atoms with Gasteiger partial charge in [0.05, 0.1) is 23.2 Å². The van der Waals surface area contributed by atoms with Gasteiger partial charge in [-0.3, -0.25) is 19.5 Å². The molecule has 0 unspecified atom stereocenters. The number of nitrogens with one attached hydrogen (secondary N) is 2. The van der Waals surface area contributed by atoms with Crippen molar-refractivity contribution in [1.82, 2.24) is 25.3 Å². The van der Waals surface area contributed by atoms with Gasteiger partial charge in [0.15, 0.2) is 0 Å². The molecule has 2 aliphatic heterocycles. The monoisotopic (exact) mass is 453 g/mol. The van der Waals surface area contributed by atoms with E-state index in [2.05, 4.69) is 51.7 Å². The number of nitrogens with zero attached hydrogens (tertiary/aromatic N) is 3. The van der Waals surface area contributed by atoms with Crippen molar-refractivity contribution in [2.45, 2.75) is 44.2 Å². The molecule has 2 saturated heterocycles.